The molecule has 1 N–H and O–H groups in total. The van der Waals surface area contributed by atoms with Gasteiger partial charge in [-0.15, -0.1) is 10.2 Å². The van der Waals surface area contributed by atoms with Crippen molar-refractivity contribution >= 4 is 11.8 Å². The molecular weight excluding hydrogens is 298 g/mol. The SMILES string of the molecule is OCCCSc1nnc(-c2ccco2)n1Cc1ccccc1. The second-order valence-electron chi connectivity index (χ2n) is 4.78. The Morgan fingerprint density at radius 3 is 2.68 bits per heavy atom. The Bertz CT molecular complexity index is 696. The van der Waals surface area contributed by atoms with Crippen LogP contribution in [0.3, 0.4) is 0 Å². The van der Waals surface area contributed by atoms with E-state index >= 15 is 0 Å². The summed E-state index contributed by atoms with van der Waals surface area (Å²) in [5.74, 6) is 2.24. The van der Waals surface area contributed by atoms with Crippen LogP contribution >= 0.6 is 11.8 Å². The Labute approximate surface area is 133 Å². The van der Waals surface area contributed by atoms with E-state index in [1.165, 1.54) is 5.56 Å². The molecule has 0 aliphatic rings. The van der Waals surface area contributed by atoms with E-state index in [9.17, 15) is 0 Å². The molecule has 3 rings (SSSR count). The van der Waals surface area contributed by atoms with Gasteiger partial charge in [-0.25, -0.2) is 0 Å². The molecule has 0 aliphatic carbocycles. The Kier molecular flexibility index (Phi) is 4.92. The molecule has 1 aromatic carbocycles. The molecule has 0 aliphatic heterocycles. The lowest BCUT2D eigenvalue weighted by Gasteiger charge is -2.09. The van der Waals surface area contributed by atoms with Crippen LogP contribution in [0.5, 0.6) is 0 Å². The zero-order chi connectivity index (χ0) is 15.2. The van der Waals surface area contributed by atoms with E-state index in [-0.39, 0.29) is 6.61 Å². The molecule has 0 unspecified atom stereocenters. The summed E-state index contributed by atoms with van der Waals surface area (Å²) in [6.45, 7) is 0.871. The van der Waals surface area contributed by atoms with E-state index in [1.54, 1.807) is 18.0 Å². The second kappa shape index (κ2) is 7.29. The van der Waals surface area contributed by atoms with Crippen LogP contribution in [0.25, 0.3) is 11.6 Å². The third-order valence-electron chi connectivity index (χ3n) is 3.18. The van der Waals surface area contributed by atoms with Crippen LogP contribution in [0.2, 0.25) is 0 Å². The minimum atomic E-state index is 0.185. The van der Waals surface area contributed by atoms with Crippen LogP contribution in [-0.4, -0.2) is 32.2 Å². The Morgan fingerprint density at radius 1 is 1.09 bits per heavy atom. The highest BCUT2D eigenvalue weighted by molar-refractivity contribution is 7.99. The third kappa shape index (κ3) is 3.40. The first-order valence-electron chi connectivity index (χ1n) is 7.13. The summed E-state index contributed by atoms with van der Waals surface area (Å²) in [7, 11) is 0. The van der Waals surface area contributed by atoms with Gasteiger partial charge >= 0.3 is 0 Å². The van der Waals surface area contributed by atoms with Gasteiger partial charge < -0.3 is 9.52 Å². The van der Waals surface area contributed by atoms with Crippen molar-refractivity contribution in [3.8, 4) is 11.6 Å². The molecule has 0 bridgehead atoms. The van der Waals surface area contributed by atoms with Gasteiger partial charge in [0.25, 0.3) is 0 Å². The molecule has 114 valence electrons. The molecule has 5 nitrogen and oxygen atoms in total. The average molecular weight is 315 g/mol. The van der Waals surface area contributed by atoms with E-state index in [1.807, 2.05) is 30.3 Å². The topological polar surface area (TPSA) is 64.1 Å². The highest BCUT2D eigenvalue weighted by atomic mass is 32.2. The van der Waals surface area contributed by atoms with Crippen molar-refractivity contribution in [1.82, 2.24) is 14.8 Å². The van der Waals surface area contributed by atoms with Gasteiger partial charge in [0.15, 0.2) is 10.9 Å². The van der Waals surface area contributed by atoms with E-state index in [0.717, 1.165) is 23.2 Å². The standard InChI is InChI=1S/C16H17N3O2S/c20-9-5-11-22-16-18-17-15(14-8-4-10-21-14)19(16)12-13-6-2-1-3-7-13/h1-4,6-8,10,20H,5,9,11-12H2. The highest BCUT2D eigenvalue weighted by Gasteiger charge is 2.16. The average Bonchev–Trinajstić information content (AvgIpc) is 3.19. The zero-order valence-electron chi connectivity index (χ0n) is 12.1. The fraction of sp³-hybridized carbons (Fsp3) is 0.250. The first kappa shape index (κ1) is 14.9. The maximum Gasteiger partial charge on any atom is 0.200 e. The minimum absolute atomic E-state index is 0.185. The summed E-state index contributed by atoms with van der Waals surface area (Å²) in [4.78, 5) is 0. The molecule has 6 heteroatoms. The molecule has 0 saturated carbocycles. The van der Waals surface area contributed by atoms with Crippen LogP contribution in [0.4, 0.5) is 0 Å². The maximum absolute atomic E-state index is 8.93. The van der Waals surface area contributed by atoms with Gasteiger partial charge in [0.05, 0.1) is 12.8 Å². The van der Waals surface area contributed by atoms with Crippen LogP contribution in [0, 0.1) is 0 Å². The summed E-state index contributed by atoms with van der Waals surface area (Å²) in [6.07, 6.45) is 2.37. The van der Waals surface area contributed by atoms with E-state index < -0.39 is 0 Å². The molecule has 0 spiro atoms. The molecule has 0 fully saturated rings. The van der Waals surface area contributed by atoms with Gasteiger partial charge in [-0.2, -0.15) is 0 Å². The van der Waals surface area contributed by atoms with Gasteiger partial charge in [0.1, 0.15) is 0 Å². The Balaban J connectivity index is 1.90. The van der Waals surface area contributed by atoms with E-state index in [0.29, 0.717) is 12.3 Å². The lowest BCUT2D eigenvalue weighted by molar-refractivity contribution is 0.296. The molecular formula is C16H17N3O2S. The summed E-state index contributed by atoms with van der Waals surface area (Å²) >= 11 is 1.60. The number of thioether (sulfide) groups is 1. The van der Waals surface area contributed by atoms with Crippen molar-refractivity contribution in [3.63, 3.8) is 0 Å². The van der Waals surface area contributed by atoms with Crippen LogP contribution in [0.1, 0.15) is 12.0 Å². The molecule has 22 heavy (non-hydrogen) atoms. The fourth-order valence-electron chi connectivity index (χ4n) is 2.12. The minimum Gasteiger partial charge on any atom is -0.461 e. The number of aliphatic hydroxyl groups is 1. The van der Waals surface area contributed by atoms with Gasteiger partial charge in [-0.3, -0.25) is 4.57 Å². The number of benzene rings is 1. The predicted molar refractivity (Wildman–Crippen MR) is 85.7 cm³/mol. The molecule has 0 saturated heterocycles. The molecule has 2 heterocycles. The number of nitrogens with zero attached hydrogens (tertiary/aromatic N) is 3. The monoisotopic (exact) mass is 315 g/mol. The van der Waals surface area contributed by atoms with Crippen molar-refractivity contribution in [3.05, 3.63) is 54.3 Å². The molecule has 3 aromatic rings. The summed E-state index contributed by atoms with van der Waals surface area (Å²) in [5, 5.41) is 18.3. The Hall–Kier alpha value is -2.05. The first-order valence-corrected chi connectivity index (χ1v) is 8.11. The van der Waals surface area contributed by atoms with Crippen LogP contribution in [-0.2, 0) is 6.54 Å². The zero-order valence-corrected chi connectivity index (χ0v) is 12.9. The third-order valence-corrected chi connectivity index (χ3v) is 4.23. The lowest BCUT2D eigenvalue weighted by atomic mass is 10.2. The Morgan fingerprint density at radius 2 is 1.95 bits per heavy atom. The van der Waals surface area contributed by atoms with Crippen molar-refractivity contribution in [1.29, 1.82) is 0 Å². The second-order valence-corrected chi connectivity index (χ2v) is 5.84. The predicted octanol–water partition coefficient (Wildman–Crippen LogP) is 3.06. The summed E-state index contributed by atoms with van der Waals surface area (Å²) < 4.78 is 7.52. The van der Waals surface area contributed by atoms with Gasteiger partial charge in [0.2, 0.25) is 5.82 Å². The highest BCUT2D eigenvalue weighted by Crippen LogP contribution is 2.25. The molecule has 0 atom stereocenters. The largest absolute Gasteiger partial charge is 0.461 e. The van der Waals surface area contributed by atoms with E-state index in [2.05, 4.69) is 26.9 Å². The quantitative estimate of drug-likeness (QED) is 0.536. The van der Waals surface area contributed by atoms with Crippen molar-refractivity contribution in [2.45, 2.75) is 18.1 Å². The maximum atomic E-state index is 8.93. The van der Waals surface area contributed by atoms with Gasteiger partial charge in [-0.05, 0) is 24.1 Å². The smallest absolute Gasteiger partial charge is 0.200 e. The number of furan rings is 1. The number of rotatable bonds is 7. The normalized spacial score (nSPS) is 11.0. The number of aromatic nitrogens is 3. The fourth-order valence-corrected chi connectivity index (χ4v) is 2.98. The van der Waals surface area contributed by atoms with Crippen molar-refractivity contribution in [2.75, 3.05) is 12.4 Å². The van der Waals surface area contributed by atoms with Crippen LogP contribution < -0.4 is 0 Å². The molecule has 0 amide bonds. The first-order chi connectivity index (χ1) is 10.9. The molecule has 0 radical (unpaired) electrons. The number of aliphatic hydroxyl groups excluding tert-OH is 1. The van der Waals surface area contributed by atoms with E-state index in [4.69, 9.17) is 9.52 Å². The van der Waals surface area contributed by atoms with Crippen molar-refractivity contribution in [2.24, 2.45) is 0 Å². The number of hydrogen-bond donors (Lipinski definition) is 1. The molecule has 2 aromatic heterocycles. The van der Waals surface area contributed by atoms with Crippen molar-refractivity contribution < 1.29 is 9.52 Å². The lowest BCUT2D eigenvalue weighted by Crippen LogP contribution is -2.04. The van der Waals surface area contributed by atoms with Gasteiger partial charge in [0, 0.05) is 12.4 Å². The number of hydrogen-bond acceptors (Lipinski definition) is 5. The van der Waals surface area contributed by atoms with Crippen LogP contribution in [0.15, 0.2) is 58.3 Å². The van der Waals surface area contributed by atoms with Gasteiger partial charge in [-0.1, -0.05) is 42.1 Å². The summed E-state index contributed by atoms with van der Waals surface area (Å²) in [5.41, 5.74) is 1.18. The summed E-state index contributed by atoms with van der Waals surface area (Å²) in [6, 6.07) is 13.9.